The predicted molar refractivity (Wildman–Crippen MR) is 102 cm³/mol. The summed E-state index contributed by atoms with van der Waals surface area (Å²) in [5.41, 5.74) is 10.4. The smallest absolute Gasteiger partial charge is 0.244 e. The minimum absolute atomic E-state index is 0.0498. The lowest BCUT2D eigenvalue weighted by atomic mass is 9.98. The lowest BCUT2D eigenvalue weighted by Gasteiger charge is -2.22. The molecule has 0 atom stereocenters. The second-order valence-corrected chi connectivity index (χ2v) is 7.31. The average Bonchev–Trinajstić information content (AvgIpc) is 3.25. The van der Waals surface area contributed by atoms with Crippen LogP contribution in [-0.4, -0.2) is 18.0 Å². The molecule has 1 fully saturated rings. The van der Waals surface area contributed by atoms with Crippen molar-refractivity contribution >= 4 is 17.3 Å². The van der Waals surface area contributed by atoms with Gasteiger partial charge < -0.3 is 16.0 Å². The van der Waals surface area contributed by atoms with Crippen LogP contribution in [-0.2, 0) is 17.8 Å². The Bertz CT molecular complexity index is 763. The molecule has 130 valence electrons. The molecule has 2 aromatic carbocycles. The third-order valence-electron chi connectivity index (χ3n) is 5.52. The van der Waals surface area contributed by atoms with E-state index in [2.05, 4.69) is 46.6 Å². The lowest BCUT2D eigenvalue weighted by molar-refractivity contribution is -0.121. The highest BCUT2D eigenvalue weighted by molar-refractivity contribution is 5.98. The highest BCUT2D eigenvalue weighted by Crippen LogP contribution is 2.30. The maximum atomic E-state index is 12.4. The number of fused-ring (bicyclic) bond motifs is 1. The number of carbonyl (C=O) groups is 1. The maximum Gasteiger partial charge on any atom is 0.244 e. The normalized spacial score (nSPS) is 18.2. The Morgan fingerprint density at radius 1 is 1.08 bits per heavy atom. The number of hydrogen-bond donors (Lipinski definition) is 2. The number of para-hydroxylation sites is 1. The van der Waals surface area contributed by atoms with Gasteiger partial charge in [0.05, 0.1) is 5.54 Å². The van der Waals surface area contributed by atoms with Crippen LogP contribution in [0.5, 0.6) is 0 Å². The van der Waals surface area contributed by atoms with Crippen molar-refractivity contribution in [3.05, 3.63) is 59.7 Å². The van der Waals surface area contributed by atoms with Crippen LogP contribution >= 0.6 is 0 Å². The van der Waals surface area contributed by atoms with Gasteiger partial charge in [-0.2, -0.15) is 0 Å². The number of nitrogens with zero attached hydrogens (tertiary/aromatic N) is 1. The van der Waals surface area contributed by atoms with Gasteiger partial charge >= 0.3 is 0 Å². The van der Waals surface area contributed by atoms with E-state index in [1.807, 2.05) is 12.1 Å². The van der Waals surface area contributed by atoms with E-state index < -0.39 is 5.54 Å². The number of nitrogens with one attached hydrogen (secondary N) is 1. The lowest BCUT2D eigenvalue weighted by Crippen LogP contribution is -2.48. The van der Waals surface area contributed by atoms with Gasteiger partial charge in [-0.3, -0.25) is 4.79 Å². The molecule has 1 heterocycles. The van der Waals surface area contributed by atoms with Gasteiger partial charge in [0.1, 0.15) is 0 Å². The molecule has 1 aliphatic heterocycles. The summed E-state index contributed by atoms with van der Waals surface area (Å²) in [6, 6.07) is 16.7. The molecule has 0 aromatic heterocycles. The Morgan fingerprint density at radius 3 is 2.56 bits per heavy atom. The molecular weight excluding hydrogens is 310 g/mol. The summed E-state index contributed by atoms with van der Waals surface area (Å²) >= 11 is 0. The number of benzene rings is 2. The molecule has 0 radical (unpaired) electrons. The summed E-state index contributed by atoms with van der Waals surface area (Å²) in [7, 11) is 0. The third-order valence-corrected chi connectivity index (χ3v) is 5.52. The largest absolute Gasteiger partial charge is 0.367 e. The average molecular weight is 335 g/mol. The zero-order chi connectivity index (χ0) is 17.3. The van der Waals surface area contributed by atoms with Crippen molar-refractivity contribution in [2.75, 3.05) is 16.8 Å². The number of hydrogen-bond acceptors (Lipinski definition) is 3. The first-order chi connectivity index (χ1) is 12.1. The van der Waals surface area contributed by atoms with E-state index in [0.717, 1.165) is 50.9 Å². The quantitative estimate of drug-likeness (QED) is 0.899. The van der Waals surface area contributed by atoms with Crippen molar-refractivity contribution in [2.45, 2.75) is 44.2 Å². The van der Waals surface area contributed by atoms with Gasteiger partial charge in [0.15, 0.2) is 0 Å². The van der Waals surface area contributed by atoms with Crippen LogP contribution in [0.2, 0.25) is 0 Å². The first-order valence-corrected chi connectivity index (χ1v) is 9.16. The fourth-order valence-electron chi connectivity index (χ4n) is 3.97. The summed E-state index contributed by atoms with van der Waals surface area (Å²) in [5.74, 6) is -0.0498. The zero-order valence-corrected chi connectivity index (χ0v) is 14.5. The molecule has 2 aliphatic rings. The third kappa shape index (κ3) is 3.27. The van der Waals surface area contributed by atoms with Crippen molar-refractivity contribution in [2.24, 2.45) is 5.73 Å². The van der Waals surface area contributed by atoms with E-state index in [1.54, 1.807) is 0 Å². The summed E-state index contributed by atoms with van der Waals surface area (Å²) in [6.07, 6.45) is 4.76. The van der Waals surface area contributed by atoms with Crippen molar-refractivity contribution in [3.63, 3.8) is 0 Å². The highest BCUT2D eigenvalue weighted by Gasteiger charge is 2.36. The molecule has 4 rings (SSSR count). The van der Waals surface area contributed by atoms with Crippen LogP contribution in [0, 0.1) is 0 Å². The molecule has 3 N–H and O–H groups in total. The second-order valence-electron chi connectivity index (χ2n) is 7.31. The van der Waals surface area contributed by atoms with E-state index in [4.69, 9.17) is 5.73 Å². The van der Waals surface area contributed by atoms with E-state index >= 15 is 0 Å². The fourth-order valence-corrected chi connectivity index (χ4v) is 3.97. The Hall–Kier alpha value is -2.33. The number of carbonyl (C=O) groups excluding carboxylic acids is 1. The molecule has 1 aliphatic carbocycles. The number of rotatable bonds is 4. The van der Waals surface area contributed by atoms with E-state index in [1.165, 1.54) is 16.8 Å². The van der Waals surface area contributed by atoms with Crippen molar-refractivity contribution in [3.8, 4) is 0 Å². The molecule has 0 unspecified atom stereocenters. The van der Waals surface area contributed by atoms with E-state index in [9.17, 15) is 4.79 Å². The Kier molecular flexibility index (Phi) is 4.22. The Morgan fingerprint density at radius 2 is 1.80 bits per heavy atom. The first kappa shape index (κ1) is 16.2. The minimum atomic E-state index is -0.683. The van der Waals surface area contributed by atoms with Gasteiger partial charge in [-0.05, 0) is 48.6 Å². The Labute approximate surface area is 149 Å². The Balaban J connectivity index is 1.40. The highest BCUT2D eigenvalue weighted by atomic mass is 16.2. The van der Waals surface area contributed by atoms with Crippen LogP contribution in [0.15, 0.2) is 48.5 Å². The van der Waals surface area contributed by atoms with E-state index in [-0.39, 0.29) is 5.91 Å². The van der Waals surface area contributed by atoms with Crippen molar-refractivity contribution in [1.82, 2.24) is 0 Å². The zero-order valence-electron chi connectivity index (χ0n) is 14.5. The molecule has 25 heavy (non-hydrogen) atoms. The summed E-state index contributed by atoms with van der Waals surface area (Å²) < 4.78 is 0. The molecule has 4 nitrogen and oxygen atoms in total. The van der Waals surface area contributed by atoms with Gasteiger partial charge in [0.25, 0.3) is 0 Å². The van der Waals surface area contributed by atoms with Gasteiger partial charge in [-0.1, -0.05) is 43.2 Å². The van der Waals surface area contributed by atoms with Gasteiger partial charge in [0, 0.05) is 24.5 Å². The maximum absolute atomic E-state index is 12.4. The summed E-state index contributed by atoms with van der Waals surface area (Å²) in [6.45, 7) is 1.96. The molecule has 1 amide bonds. The van der Waals surface area contributed by atoms with Gasteiger partial charge in [0.2, 0.25) is 5.91 Å². The van der Waals surface area contributed by atoms with Crippen molar-refractivity contribution in [1.29, 1.82) is 0 Å². The topological polar surface area (TPSA) is 58.4 Å². The molecular formula is C21H25N3O. The number of amides is 1. The van der Waals surface area contributed by atoms with Crippen LogP contribution < -0.4 is 16.0 Å². The summed E-state index contributed by atoms with van der Waals surface area (Å²) in [5, 5.41) is 2.98. The summed E-state index contributed by atoms with van der Waals surface area (Å²) in [4.78, 5) is 14.8. The predicted octanol–water partition coefficient (Wildman–Crippen LogP) is 3.46. The van der Waals surface area contributed by atoms with Gasteiger partial charge in [-0.25, -0.2) is 0 Å². The van der Waals surface area contributed by atoms with Crippen LogP contribution in [0.25, 0.3) is 0 Å². The fraction of sp³-hybridized carbons (Fsp3) is 0.381. The van der Waals surface area contributed by atoms with E-state index in [0.29, 0.717) is 0 Å². The molecule has 2 aromatic rings. The van der Waals surface area contributed by atoms with Crippen molar-refractivity contribution < 1.29 is 4.79 Å². The molecule has 4 heteroatoms. The van der Waals surface area contributed by atoms with Crippen LogP contribution in [0.4, 0.5) is 11.4 Å². The molecule has 1 saturated carbocycles. The molecule has 0 spiro atoms. The molecule has 0 bridgehead atoms. The molecule has 0 saturated heterocycles. The monoisotopic (exact) mass is 335 g/mol. The minimum Gasteiger partial charge on any atom is -0.367 e. The standard InChI is InChI=1S/C21H25N3O/c22-21(12-3-4-13-21)20(25)23-18-9-7-16(8-10-18)15-24-14-11-17-5-1-2-6-19(17)24/h1-2,5-10H,3-4,11-15,22H2,(H,23,25). The number of nitrogens with two attached hydrogens (primary N) is 1. The SMILES string of the molecule is NC1(C(=O)Nc2ccc(CN3CCc4ccccc43)cc2)CCCC1. The first-order valence-electron chi connectivity index (χ1n) is 9.16. The van der Waals surface area contributed by atoms with Crippen LogP contribution in [0.3, 0.4) is 0 Å². The number of anilines is 2. The second kappa shape index (κ2) is 6.52. The van der Waals surface area contributed by atoms with Crippen LogP contribution in [0.1, 0.15) is 36.8 Å². The van der Waals surface area contributed by atoms with Gasteiger partial charge in [-0.15, -0.1) is 0 Å².